The fourth-order valence-corrected chi connectivity index (χ4v) is 1.70. The first-order valence-electron chi connectivity index (χ1n) is 6.19. The number of oxime groups is 1. The van der Waals surface area contributed by atoms with Crippen molar-refractivity contribution in [3.8, 4) is 0 Å². The number of halogens is 3. The first-order chi connectivity index (χ1) is 9.83. The minimum atomic E-state index is -4.35. The normalized spacial score (nSPS) is 13.8. The third kappa shape index (κ3) is 6.15. The van der Waals surface area contributed by atoms with Crippen molar-refractivity contribution in [1.82, 2.24) is 5.32 Å². The summed E-state index contributed by atoms with van der Waals surface area (Å²) in [5.74, 6) is -2.08. The molecule has 4 N–H and O–H groups in total. The fraction of sp³-hybridized carbons (Fsp3) is 0.385. The maximum atomic E-state index is 12.0. The minimum absolute atomic E-state index is 0.134. The van der Waals surface area contributed by atoms with Gasteiger partial charge in [-0.1, -0.05) is 35.5 Å². The fourth-order valence-electron chi connectivity index (χ4n) is 1.70. The Labute approximate surface area is 119 Å². The van der Waals surface area contributed by atoms with Crippen LogP contribution in [0.3, 0.4) is 0 Å². The first kappa shape index (κ1) is 16.8. The molecule has 0 spiro atoms. The predicted molar refractivity (Wildman–Crippen MR) is 70.7 cm³/mol. The molecule has 8 heteroatoms. The maximum Gasteiger partial charge on any atom is 0.390 e. The van der Waals surface area contributed by atoms with Gasteiger partial charge in [-0.25, -0.2) is 0 Å². The van der Waals surface area contributed by atoms with E-state index >= 15 is 0 Å². The zero-order valence-electron chi connectivity index (χ0n) is 11.1. The number of carbonyl (C=O) groups is 1. The average Bonchev–Trinajstić information content (AvgIpc) is 2.43. The van der Waals surface area contributed by atoms with Gasteiger partial charge < -0.3 is 16.3 Å². The predicted octanol–water partition coefficient (Wildman–Crippen LogP) is 1.66. The lowest BCUT2D eigenvalue weighted by molar-refractivity contribution is -0.136. The molecular formula is C13H16F3N3O2. The second-order valence-electron chi connectivity index (χ2n) is 4.42. The van der Waals surface area contributed by atoms with E-state index in [1.54, 1.807) is 30.3 Å². The number of nitrogens with zero attached hydrogens (tertiary/aromatic N) is 1. The summed E-state index contributed by atoms with van der Waals surface area (Å²) in [5, 5.41) is 13.6. The second-order valence-corrected chi connectivity index (χ2v) is 4.42. The molecule has 0 radical (unpaired) electrons. The van der Waals surface area contributed by atoms with E-state index in [0.29, 0.717) is 0 Å². The van der Waals surface area contributed by atoms with Crippen LogP contribution in [-0.2, 0) is 11.2 Å². The summed E-state index contributed by atoms with van der Waals surface area (Å²) in [4.78, 5) is 11.9. The van der Waals surface area contributed by atoms with Gasteiger partial charge in [0.05, 0.1) is 6.42 Å². The largest absolute Gasteiger partial charge is 0.409 e. The molecule has 0 fully saturated rings. The molecule has 0 bridgehead atoms. The van der Waals surface area contributed by atoms with Gasteiger partial charge >= 0.3 is 6.18 Å². The van der Waals surface area contributed by atoms with Crippen LogP contribution in [0, 0.1) is 5.92 Å². The highest BCUT2D eigenvalue weighted by Gasteiger charge is 2.28. The van der Waals surface area contributed by atoms with Crippen molar-refractivity contribution < 1.29 is 23.2 Å². The van der Waals surface area contributed by atoms with Gasteiger partial charge in [0.2, 0.25) is 5.91 Å². The second kappa shape index (κ2) is 7.51. The van der Waals surface area contributed by atoms with Gasteiger partial charge in [0.15, 0.2) is 5.84 Å². The van der Waals surface area contributed by atoms with E-state index in [1.807, 2.05) is 0 Å². The number of nitrogens with one attached hydrogen (secondary N) is 1. The topological polar surface area (TPSA) is 87.7 Å². The van der Waals surface area contributed by atoms with Crippen LogP contribution in [0.25, 0.3) is 0 Å². The van der Waals surface area contributed by atoms with Gasteiger partial charge in [-0.05, 0) is 12.0 Å². The van der Waals surface area contributed by atoms with Crippen LogP contribution in [0.5, 0.6) is 0 Å². The Morgan fingerprint density at radius 1 is 1.33 bits per heavy atom. The molecule has 1 aromatic carbocycles. The van der Waals surface area contributed by atoms with Gasteiger partial charge in [0.25, 0.3) is 0 Å². The Bertz CT molecular complexity index is 489. The molecule has 0 heterocycles. The molecule has 0 aliphatic carbocycles. The van der Waals surface area contributed by atoms with Crippen LogP contribution in [-0.4, -0.2) is 29.7 Å². The SMILES string of the molecule is NC(=NO)C(Cc1ccccc1)C(=O)NCCC(F)(F)F. The highest BCUT2D eigenvalue weighted by atomic mass is 19.4. The third-order valence-electron chi connectivity index (χ3n) is 2.78. The summed E-state index contributed by atoms with van der Waals surface area (Å²) in [6.07, 6.45) is -5.35. The number of carbonyl (C=O) groups excluding carboxylic acids is 1. The van der Waals surface area contributed by atoms with Crippen molar-refractivity contribution in [3.05, 3.63) is 35.9 Å². The maximum absolute atomic E-state index is 12.0. The molecule has 0 aliphatic rings. The summed E-state index contributed by atoms with van der Waals surface area (Å²) in [6.45, 7) is -0.549. The van der Waals surface area contributed by atoms with Gasteiger partial charge in [0.1, 0.15) is 5.92 Å². The van der Waals surface area contributed by atoms with Crippen LogP contribution < -0.4 is 11.1 Å². The van der Waals surface area contributed by atoms with Crippen LogP contribution in [0.15, 0.2) is 35.5 Å². The Kier molecular flexibility index (Phi) is 6.01. The molecule has 1 atom stereocenters. The zero-order valence-corrected chi connectivity index (χ0v) is 11.1. The van der Waals surface area contributed by atoms with Crippen LogP contribution in [0.2, 0.25) is 0 Å². The summed E-state index contributed by atoms with van der Waals surface area (Å²) in [6, 6.07) is 8.76. The summed E-state index contributed by atoms with van der Waals surface area (Å²) in [7, 11) is 0. The first-order valence-corrected chi connectivity index (χ1v) is 6.19. The van der Waals surface area contributed by atoms with E-state index < -0.39 is 31.0 Å². The van der Waals surface area contributed by atoms with Crippen molar-refractivity contribution in [2.75, 3.05) is 6.54 Å². The molecule has 116 valence electrons. The summed E-state index contributed by atoms with van der Waals surface area (Å²) in [5.41, 5.74) is 6.19. The van der Waals surface area contributed by atoms with Crippen molar-refractivity contribution in [2.24, 2.45) is 16.8 Å². The van der Waals surface area contributed by atoms with E-state index in [-0.39, 0.29) is 12.3 Å². The van der Waals surface area contributed by atoms with Crippen molar-refractivity contribution in [3.63, 3.8) is 0 Å². The molecule has 1 rings (SSSR count). The molecular weight excluding hydrogens is 287 g/mol. The minimum Gasteiger partial charge on any atom is -0.409 e. The van der Waals surface area contributed by atoms with Crippen LogP contribution in [0.1, 0.15) is 12.0 Å². The van der Waals surface area contributed by atoms with Gasteiger partial charge in [-0.3, -0.25) is 4.79 Å². The highest BCUT2D eigenvalue weighted by Crippen LogP contribution is 2.18. The average molecular weight is 303 g/mol. The number of hydrogen-bond acceptors (Lipinski definition) is 3. The molecule has 1 aromatic rings. The van der Waals surface area contributed by atoms with E-state index in [4.69, 9.17) is 10.9 Å². The molecule has 1 unspecified atom stereocenters. The van der Waals surface area contributed by atoms with Crippen LogP contribution in [0.4, 0.5) is 13.2 Å². The number of rotatable bonds is 6. The number of alkyl halides is 3. The number of benzene rings is 1. The Hall–Kier alpha value is -2.25. The Morgan fingerprint density at radius 2 is 1.95 bits per heavy atom. The van der Waals surface area contributed by atoms with Crippen molar-refractivity contribution in [2.45, 2.75) is 19.0 Å². The van der Waals surface area contributed by atoms with Gasteiger partial charge in [0, 0.05) is 6.54 Å². The summed E-state index contributed by atoms with van der Waals surface area (Å²) >= 11 is 0. The van der Waals surface area contributed by atoms with Crippen molar-refractivity contribution in [1.29, 1.82) is 0 Å². The lowest BCUT2D eigenvalue weighted by Gasteiger charge is -2.16. The molecule has 1 amide bonds. The molecule has 0 saturated carbocycles. The van der Waals surface area contributed by atoms with Gasteiger partial charge in [-0.15, -0.1) is 0 Å². The number of hydrogen-bond donors (Lipinski definition) is 3. The molecule has 0 aromatic heterocycles. The molecule has 21 heavy (non-hydrogen) atoms. The monoisotopic (exact) mass is 303 g/mol. The van der Waals surface area contributed by atoms with Crippen LogP contribution >= 0.6 is 0 Å². The highest BCUT2D eigenvalue weighted by molar-refractivity contribution is 6.02. The number of nitrogens with two attached hydrogens (primary N) is 1. The zero-order chi connectivity index (χ0) is 15.9. The molecule has 0 saturated heterocycles. The van der Waals surface area contributed by atoms with Gasteiger partial charge in [-0.2, -0.15) is 13.2 Å². The summed E-state index contributed by atoms with van der Waals surface area (Å²) < 4.78 is 36.1. The van der Waals surface area contributed by atoms with Crippen molar-refractivity contribution >= 4 is 11.7 Å². The van der Waals surface area contributed by atoms with E-state index in [1.165, 1.54) is 0 Å². The molecule has 5 nitrogen and oxygen atoms in total. The number of amides is 1. The Morgan fingerprint density at radius 3 is 2.48 bits per heavy atom. The third-order valence-corrected chi connectivity index (χ3v) is 2.78. The number of amidine groups is 1. The van der Waals surface area contributed by atoms with E-state index in [0.717, 1.165) is 5.56 Å². The standard InChI is InChI=1S/C13H16F3N3O2/c14-13(15,16)6-7-18-12(20)10(11(17)19-21)8-9-4-2-1-3-5-9/h1-5,10,21H,6-8H2,(H2,17,19)(H,18,20). The lowest BCUT2D eigenvalue weighted by Crippen LogP contribution is -2.41. The molecule has 0 aliphatic heterocycles. The van der Waals surface area contributed by atoms with E-state index in [9.17, 15) is 18.0 Å². The Balaban J connectivity index is 2.67. The smallest absolute Gasteiger partial charge is 0.390 e. The quantitative estimate of drug-likeness (QED) is 0.323. The van der Waals surface area contributed by atoms with E-state index in [2.05, 4.69) is 10.5 Å². The lowest BCUT2D eigenvalue weighted by atomic mass is 9.97.